The molecule has 0 unspecified atom stereocenters. The van der Waals surface area contributed by atoms with Gasteiger partial charge in [0.05, 0.1) is 30.4 Å². The Labute approximate surface area is 88.9 Å². The summed E-state index contributed by atoms with van der Waals surface area (Å²) in [6.45, 7) is 1.14. The summed E-state index contributed by atoms with van der Waals surface area (Å²) in [5.74, 6) is 0. The standard InChI is InChI=1S/C10H10N2O.ClH/c11-5-8-1-3-9(4-2-8)10(12)6-13-7-10;/h1-4H,6-7,12H2;1H. The zero-order valence-corrected chi connectivity index (χ0v) is 8.38. The molecule has 0 saturated carbocycles. The van der Waals surface area contributed by atoms with Gasteiger partial charge in [0, 0.05) is 0 Å². The quantitative estimate of drug-likeness (QED) is 0.757. The number of halogens is 1. The molecule has 0 bridgehead atoms. The minimum absolute atomic E-state index is 0. The minimum atomic E-state index is -0.325. The molecule has 0 aromatic heterocycles. The summed E-state index contributed by atoms with van der Waals surface area (Å²) < 4.78 is 5.06. The van der Waals surface area contributed by atoms with Crippen LogP contribution in [0.1, 0.15) is 11.1 Å². The van der Waals surface area contributed by atoms with Crippen LogP contribution >= 0.6 is 12.4 Å². The largest absolute Gasteiger partial charge is 0.377 e. The highest BCUT2D eigenvalue weighted by molar-refractivity contribution is 5.85. The van der Waals surface area contributed by atoms with Crippen molar-refractivity contribution in [3.63, 3.8) is 0 Å². The molecular weight excluding hydrogens is 200 g/mol. The highest BCUT2D eigenvalue weighted by Gasteiger charge is 2.35. The van der Waals surface area contributed by atoms with Crippen LogP contribution in [0.25, 0.3) is 0 Å². The summed E-state index contributed by atoms with van der Waals surface area (Å²) in [6, 6.07) is 9.41. The average molecular weight is 211 g/mol. The first-order valence-corrected chi connectivity index (χ1v) is 4.12. The first-order chi connectivity index (χ1) is 6.24. The second-order valence-corrected chi connectivity index (χ2v) is 3.34. The maximum Gasteiger partial charge on any atom is 0.0991 e. The van der Waals surface area contributed by atoms with Gasteiger partial charge in [0.15, 0.2) is 0 Å². The van der Waals surface area contributed by atoms with Crippen LogP contribution in [0.5, 0.6) is 0 Å². The maximum absolute atomic E-state index is 8.60. The lowest BCUT2D eigenvalue weighted by atomic mass is 9.89. The van der Waals surface area contributed by atoms with Crippen LogP contribution in [0.2, 0.25) is 0 Å². The predicted octanol–water partition coefficient (Wildman–Crippen LogP) is 1.16. The van der Waals surface area contributed by atoms with Gasteiger partial charge in [-0.1, -0.05) is 12.1 Å². The van der Waals surface area contributed by atoms with Crippen molar-refractivity contribution in [2.45, 2.75) is 5.54 Å². The fraction of sp³-hybridized carbons (Fsp3) is 0.300. The Morgan fingerprint density at radius 3 is 2.21 bits per heavy atom. The SMILES string of the molecule is Cl.N#Cc1ccc(C2(N)COC2)cc1. The Kier molecular flexibility index (Phi) is 3.12. The molecule has 4 heteroatoms. The van der Waals surface area contributed by atoms with Crippen LogP contribution in [0.3, 0.4) is 0 Å². The van der Waals surface area contributed by atoms with Gasteiger partial charge in [-0.15, -0.1) is 12.4 Å². The number of nitriles is 1. The van der Waals surface area contributed by atoms with Crippen molar-refractivity contribution in [1.82, 2.24) is 0 Å². The third-order valence-corrected chi connectivity index (χ3v) is 2.31. The molecule has 14 heavy (non-hydrogen) atoms. The molecule has 1 saturated heterocycles. The lowest BCUT2D eigenvalue weighted by Gasteiger charge is -2.38. The molecule has 74 valence electrons. The van der Waals surface area contributed by atoms with Crippen LogP contribution in [-0.4, -0.2) is 13.2 Å². The minimum Gasteiger partial charge on any atom is -0.377 e. The Balaban J connectivity index is 0.000000980. The third kappa shape index (κ3) is 1.73. The Bertz CT molecular complexity index is 351. The molecular formula is C10H11ClN2O. The van der Waals surface area contributed by atoms with Crippen molar-refractivity contribution in [2.24, 2.45) is 5.73 Å². The van der Waals surface area contributed by atoms with Gasteiger partial charge in [0.1, 0.15) is 0 Å². The molecule has 0 atom stereocenters. The predicted molar refractivity (Wildman–Crippen MR) is 55.1 cm³/mol. The summed E-state index contributed by atoms with van der Waals surface area (Å²) in [6.07, 6.45) is 0. The summed E-state index contributed by atoms with van der Waals surface area (Å²) in [4.78, 5) is 0. The van der Waals surface area contributed by atoms with E-state index in [-0.39, 0.29) is 17.9 Å². The monoisotopic (exact) mass is 210 g/mol. The van der Waals surface area contributed by atoms with E-state index in [0.29, 0.717) is 18.8 Å². The van der Waals surface area contributed by atoms with E-state index in [2.05, 4.69) is 6.07 Å². The van der Waals surface area contributed by atoms with Gasteiger partial charge >= 0.3 is 0 Å². The lowest BCUT2D eigenvalue weighted by Crippen LogP contribution is -2.54. The van der Waals surface area contributed by atoms with E-state index in [4.69, 9.17) is 15.7 Å². The maximum atomic E-state index is 8.60. The van der Waals surface area contributed by atoms with E-state index in [1.54, 1.807) is 12.1 Å². The number of nitrogens with zero attached hydrogens (tertiary/aromatic N) is 1. The van der Waals surface area contributed by atoms with Crippen LogP contribution in [0.4, 0.5) is 0 Å². The van der Waals surface area contributed by atoms with E-state index in [1.807, 2.05) is 12.1 Å². The summed E-state index contributed by atoms with van der Waals surface area (Å²) in [7, 11) is 0. The number of ether oxygens (including phenoxy) is 1. The van der Waals surface area contributed by atoms with Crippen molar-refractivity contribution >= 4 is 12.4 Å². The highest BCUT2D eigenvalue weighted by atomic mass is 35.5. The van der Waals surface area contributed by atoms with Gasteiger partial charge in [0.2, 0.25) is 0 Å². The number of rotatable bonds is 1. The van der Waals surface area contributed by atoms with Crippen molar-refractivity contribution in [3.8, 4) is 6.07 Å². The van der Waals surface area contributed by atoms with Gasteiger partial charge < -0.3 is 10.5 Å². The Morgan fingerprint density at radius 1 is 1.29 bits per heavy atom. The highest BCUT2D eigenvalue weighted by Crippen LogP contribution is 2.26. The van der Waals surface area contributed by atoms with Crippen molar-refractivity contribution in [2.75, 3.05) is 13.2 Å². The zero-order valence-electron chi connectivity index (χ0n) is 7.56. The van der Waals surface area contributed by atoms with E-state index >= 15 is 0 Å². The van der Waals surface area contributed by atoms with Gasteiger partial charge in [0.25, 0.3) is 0 Å². The van der Waals surface area contributed by atoms with E-state index in [9.17, 15) is 0 Å². The average Bonchev–Trinajstić information content (AvgIpc) is 2.14. The fourth-order valence-electron chi connectivity index (χ4n) is 1.37. The molecule has 3 nitrogen and oxygen atoms in total. The molecule has 1 heterocycles. The number of hydrogen-bond acceptors (Lipinski definition) is 3. The molecule has 0 aliphatic carbocycles. The summed E-state index contributed by atoms with van der Waals surface area (Å²) >= 11 is 0. The first kappa shape index (κ1) is 11.0. The Morgan fingerprint density at radius 2 is 1.86 bits per heavy atom. The molecule has 0 radical (unpaired) electrons. The number of benzene rings is 1. The van der Waals surface area contributed by atoms with Crippen LogP contribution in [-0.2, 0) is 10.3 Å². The van der Waals surface area contributed by atoms with Crippen LogP contribution in [0.15, 0.2) is 24.3 Å². The second-order valence-electron chi connectivity index (χ2n) is 3.34. The van der Waals surface area contributed by atoms with Crippen molar-refractivity contribution < 1.29 is 4.74 Å². The topological polar surface area (TPSA) is 59.0 Å². The molecule has 1 fully saturated rings. The molecule has 1 aliphatic rings. The van der Waals surface area contributed by atoms with Gasteiger partial charge in [-0.3, -0.25) is 0 Å². The number of hydrogen-bond donors (Lipinski definition) is 1. The van der Waals surface area contributed by atoms with Crippen LogP contribution in [0, 0.1) is 11.3 Å². The van der Waals surface area contributed by atoms with E-state index < -0.39 is 0 Å². The molecule has 0 spiro atoms. The van der Waals surface area contributed by atoms with Crippen molar-refractivity contribution in [1.29, 1.82) is 5.26 Å². The molecule has 0 amide bonds. The van der Waals surface area contributed by atoms with Gasteiger partial charge in [-0.25, -0.2) is 0 Å². The van der Waals surface area contributed by atoms with E-state index in [1.165, 1.54) is 0 Å². The van der Waals surface area contributed by atoms with Gasteiger partial charge in [-0.05, 0) is 17.7 Å². The second kappa shape index (κ2) is 3.97. The molecule has 1 aromatic carbocycles. The molecule has 1 aliphatic heterocycles. The fourth-order valence-corrected chi connectivity index (χ4v) is 1.37. The summed E-state index contributed by atoms with van der Waals surface area (Å²) in [5, 5.41) is 8.60. The van der Waals surface area contributed by atoms with Gasteiger partial charge in [-0.2, -0.15) is 5.26 Å². The first-order valence-electron chi connectivity index (χ1n) is 4.12. The van der Waals surface area contributed by atoms with Crippen molar-refractivity contribution in [3.05, 3.63) is 35.4 Å². The Hall–Kier alpha value is -1.08. The molecule has 2 N–H and O–H groups in total. The number of nitrogens with two attached hydrogens (primary N) is 1. The summed E-state index contributed by atoms with van der Waals surface area (Å²) in [5.41, 5.74) is 7.38. The lowest BCUT2D eigenvalue weighted by molar-refractivity contribution is -0.0569. The van der Waals surface area contributed by atoms with E-state index in [0.717, 1.165) is 5.56 Å². The smallest absolute Gasteiger partial charge is 0.0991 e. The van der Waals surface area contributed by atoms with Crippen LogP contribution < -0.4 is 5.73 Å². The third-order valence-electron chi connectivity index (χ3n) is 2.31. The molecule has 1 aromatic rings. The zero-order chi connectivity index (χ0) is 9.31. The molecule has 2 rings (SSSR count). The normalized spacial score (nSPS) is 17.4.